The number of benzene rings is 2. The van der Waals surface area contributed by atoms with Crippen molar-refractivity contribution in [2.24, 2.45) is 5.92 Å². The second kappa shape index (κ2) is 9.15. The Hall–Kier alpha value is -1.91. The summed E-state index contributed by atoms with van der Waals surface area (Å²) in [6, 6.07) is 14.3. The summed E-state index contributed by atoms with van der Waals surface area (Å²) in [5, 5.41) is 16.1. The number of rotatable bonds is 7. The van der Waals surface area contributed by atoms with E-state index >= 15 is 0 Å². The van der Waals surface area contributed by atoms with E-state index in [4.69, 9.17) is 0 Å². The lowest BCUT2D eigenvalue weighted by atomic mass is 9.96. The van der Waals surface area contributed by atoms with E-state index in [1.807, 2.05) is 18.2 Å². The van der Waals surface area contributed by atoms with Gasteiger partial charge in [-0.05, 0) is 48.2 Å². The van der Waals surface area contributed by atoms with E-state index in [0.717, 1.165) is 56.3 Å². The third-order valence-corrected chi connectivity index (χ3v) is 5.30. The van der Waals surface area contributed by atoms with Crippen LogP contribution in [0.25, 0.3) is 10.8 Å². The number of likely N-dealkylation sites (tertiary alicyclic amines) is 1. The number of unbranched alkanes of at least 4 members (excludes halogenated alkanes) is 1. The van der Waals surface area contributed by atoms with E-state index in [1.165, 1.54) is 5.39 Å². The number of β-amino-alcohol motifs (C(OH)–C–C–N with tert-alkyl or cyclic N) is 1. The second-order valence-corrected chi connectivity index (χ2v) is 7.37. The van der Waals surface area contributed by atoms with Crippen LogP contribution in [0.3, 0.4) is 0 Å². The van der Waals surface area contributed by atoms with Gasteiger partial charge in [0.2, 0.25) is 5.91 Å². The van der Waals surface area contributed by atoms with Crippen LogP contribution in [0.4, 0.5) is 0 Å². The largest absolute Gasteiger partial charge is 0.387 e. The minimum Gasteiger partial charge on any atom is -0.387 e. The normalized spacial score (nSPS) is 19.4. The predicted octanol–water partition coefficient (Wildman–Crippen LogP) is 3.50. The number of piperidine rings is 1. The topological polar surface area (TPSA) is 52.6 Å². The molecular weight excluding hydrogens is 324 g/mol. The monoisotopic (exact) mass is 354 g/mol. The molecule has 1 fully saturated rings. The molecule has 0 spiro atoms. The van der Waals surface area contributed by atoms with Gasteiger partial charge in [0.1, 0.15) is 0 Å². The van der Waals surface area contributed by atoms with Crippen LogP contribution in [0.2, 0.25) is 0 Å². The standard InChI is InChI=1S/C22H30N2O2/c1-2-3-12-23-22(26)20-9-6-13-24(15-20)16-21(25)19-11-10-17-7-4-5-8-18(17)14-19/h4-5,7-8,10-11,14,20-21,25H,2-3,6,9,12-13,15-16H2,1H3,(H,23,26). The lowest BCUT2D eigenvalue weighted by molar-refractivity contribution is -0.126. The molecule has 2 aromatic carbocycles. The summed E-state index contributed by atoms with van der Waals surface area (Å²) in [4.78, 5) is 14.5. The molecule has 3 rings (SSSR count). The van der Waals surface area contributed by atoms with Crippen molar-refractivity contribution in [3.8, 4) is 0 Å². The smallest absolute Gasteiger partial charge is 0.224 e. The number of fused-ring (bicyclic) bond motifs is 1. The maximum Gasteiger partial charge on any atom is 0.224 e. The van der Waals surface area contributed by atoms with Crippen molar-refractivity contribution < 1.29 is 9.90 Å². The summed E-state index contributed by atoms with van der Waals surface area (Å²) in [6.45, 7) is 5.16. The Morgan fingerprint density at radius 1 is 1.27 bits per heavy atom. The van der Waals surface area contributed by atoms with Gasteiger partial charge in [0.05, 0.1) is 12.0 Å². The molecule has 0 saturated carbocycles. The summed E-state index contributed by atoms with van der Waals surface area (Å²) < 4.78 is 0. The van der Waals surface area contributed by atoms with E-state index in [-0.39, 0.29) is 11.8 Å². The van der Waals surface area contributed by atoms with Crippen LogP contribution >= 0.6 is 0 Å². The van der Waals surface area contributed by atoms with Crippen LogP contribution in [-0.4, -0.2) is 42.1 Å². The fourth-order valence-electron chi connectivity index (χ4n) is 3.73. The van der Waals surface area contributed by atoms with E-state index in [9.17, 15) is 9.90 Å². The van der Waals surface area contributed by atoms with Gasteiger partial charge in [-0.15, -0.1) is 0 Å². The van der Waals surface area contributed by atoms with Gasteiger partial charge in [-0.25, -0.2) is 0 Å². The first kappa shape index (κ1) is 18.9. The summed E-state index contributed by atoms with van der Waals surface area (Å²) in [5.74, 6) is 0.216. The highest BCUT2D eigenvalue weighted by Crippen LogP contribution is 2.23. The second-order valence-electron chi connectivity index (χ2n) is 7.37. The van der Waals surface area contributed by atoms with Gasteiger partial charge >= 0.3 is 0 Å². The van der Waals surface area contributed by atoms with E-state index < -0.39 is 6.10 Å². The van der Waals surface area contributed by atoms with Crippen molar-refractivity contribution in [1.82, 2.24) is 10.2 Å². The maximum atomic E-state index is 12.3. The highest BCUT2D eigenvalue weighted by molar-refractivity contribution is 5.83. The quantitative estimate of drug-likeness (QED) is 0.748. The number of nitrogens with one attached hydrogen (secondary N) is 1. The van der Waals surface area contributed by atoms with Crippen molar-refractivity contribution >= 4 is 16.7 Å². The molecule has 0 radical (unpaired) electrons. The first-order valence-electron chi connectivity index (χ1n) is 9.84. The van der Waals surface area contributed by atoms with Crippen LogP contribution in [0.1, 0.15) is 44.3 Å². The fourth-order valence-corrected chi connectivity index (χ4v) is 3.73. The molecule has 4 nitrogen and oxygen atoms in total. The number of aliphatic hydroxyl groups excluding tert-OH is 1. The van der Waals surface area contributed by atoms with Gasteiger partial charge < -0.3 is 10.4 Å². The van der Waals surface area contributed by atoms with E-state index in [2.05, 4.69) is 41.4 Å². The van der Waals surface area contributed by atoms with Crippen LogP contribution in [0, 0.1) is 5.92 Å². The molecule has 2 unspecified atom stereocenters. The average Bonchev–Trinajstić information content (AvgIpc) is 2.68. The number of hydrogen-bond donors (Lipinski definition) is 2. The minimum absolute atomic E-state index is 0.0457. The molecule has 0 aliphatic carbocycles. The molecule has 1 aliphatic heterocycles. The molecule has 1 saturated heterocycles. The van der Waals surface area contributed by atoms with Gasteiger partial charge in [-0.1, -0.05) is 49.7 Å². The third kappa shape index (κ3) is 4.83. The molecule has 140 valence electrons. The Morgan fingerprint density at radius 3 is 2.88 bits per heavy atom. The van der Waals surface area contributed by atoms with E-state index in [1.54, 1.807) is 0 Å². The zero-order valence-corrected chi connectivity index (χ0v) is 15.7. The molecule has 0 aromatic heterocycles. The third-order valence-electron chi connectivity index (χ3n) is 5.30. The van der Waals surface area contributed by atoms with Crippen molar-refractivity contribution in [3.63, 3.8) is 0 Å². The molecule has 2 aromatic rings. The summed E-state index contributed by atoms with van der Waals surface area (Å²) in [6.07, 6.45) is 3.55. The molecule has 2 N–H and O–H groups in total. The van der Waals surface area contributed by atoms with Crippen LogP contribution < -0.4 is 5.32 Å². The fraction of sp³-hybridized carbons (Fsp3) is 0.500. The number of amides is 1. The Bertz CT molecular complexity index is 731. The number of carbonyl (C=O) groups is 1. The molecule has 26 heavy (non-hydrogen) atoms. The Morgan fingerprint density at radius 2 is 2.08 bits per heavy atom. The lowest BCUT2D eigenvalue weighted by Gasteiger charge is -2.33. The minimum atomic E-state index is -0.526. The van der Waals surface area contributed by atoms with Gasteiger partial charge in [-0.3, -0.25) is 9.69 Å². The molecule has 0 bridgehead atoms. The van der Waals surface area contributed by atoms with Gasteiger partial charge in [0.25, 0.3) is 0 Å². The van der Waals surface area contributed by atoms with E-state index in [0.29, 0.717) is 6.54 Å². The zero-order chi connectivity index (χ0) is 18.4. The zero-order valence-electron chi connectivity index (χ0n) is 15.7. The highest BCUT2D eigenvalue weighted by atomic mass is 16.3. The number of aliphatic hydroxyl groups is 1. The summed E-state index contributed by atoms with van der Waals surface area (Å²) in [5.41, 5.74) is 0.943. The Balaban J connectivity index is 1.57. The average molecular weight is 354 g/mol. The number of nitrogens with zero attached hydrogens (tertiary/aromatic N) is 1. The van der Waals surface area contributed by atoms with Gasteiger partial charge in [0, 0.05) is 19.6 Å². The lowest BCUT2D eigenvalue weighted by Crippen LogP contribution is -2.44. The molecule has 1 heterocycles. The van der Waals surface area contributed by atoms with Crippen LogP contribution in [0.15, 0.2) is 42.5 Å². The molecular formula is C22H30N2O2. The van der Waals surface area contributed by atoms with Crippen LogP contribution in [-0.2, 0) is 4.79 Å². The number of hydrogen-bond acceptors (Lipinski definition) is 3. The van der Waals surface area contributed by atoms with Gasteiger partial charge in [-0.2, -0.15) is 0 Å². The molecule has 1 aliphatic rings. The molecule has 2 atom stereocenters. The van der Waals surface area contributed by atoms with Crippen molar-refractivity contribution in [1.29, 1.82) is 0 Å². The van der Waals surface area contributed by atoms with Crippen molar-refractivity contribution in [3.05, 3.63) is 48.0 Å². The molecule has 1 amide bonds. The first-order chi connectivity index (χ1) is 12.7. The van der Waals surface area contributed by atoms with Crippen LogP contribution in [0.5, 0.6) is 0 Å². The van der Waals surface area contributed by atoms with Gasteiger partial charge in [0.15, 0.2) is 0 Å². The Labute approximate surface area is 156 Å². The summed E-state index contributed by atoms with van der Waals surface area (Å²) in [7, 11) is 0. The van der Waals surface area contributed by atoms with Crippen molar-refractivity contribution in [2.75, 3.05) is 26.2 Å². The number of carbonyl (C=O) groups excluding carboxylic acids is 1. The Kier molecular flexibility index (Phi) is 6.64. The summed E-state index contributed by atoms with van der Waals surface area (Å²) >= 11 is 0. The maximum absolute atomic E-state index is 12.3. The SMILES string of the molecule is CCCCNC(=O)C1CCCN(CC(O)c2ccc3ccccc3c2)C1. The van der Waals surface area contributed by atoms with Crippen molar-refractivity contribution in [2.45, 2.75) is 38.7 Å². The predicted molar refractivity (Wildman–Crippen MR) is 106 cm³/mol. The molecule has 4 heteroatoms. The first-order valence-corrected chi connectivity index (χ1v) is 9.84. The highest BCUT2D eigenvalue weighted by Gasteiger charge is 2.26.